The van der Waals surface area contributed by atoms with Crippen LogP contribution in [0.3, 0.4) is 0 Å². The molecule has 2 heterocycles. The van der Waals surface area contributed by atoms with Crippen molar-refractivity contribution in [2.45, 2.75) is 5.67 Å². The molecule has 2 aromatic heterocycles. The van der Waals surface area contributed by atoms with Gasteiger partial charge in [-0.2, -0.15) is 0 Å². The van der Waals surface area contributed by atoms with Crippen LogP contribution in [0.15, 0.2) is 128 Å². The van der Waals surface area contributed by atoms with E-state index in [1.54, 1.807) is 12.3 Å². The van der Waals surface area contributed by atoms with Crippen molar-refractivity contribution in [2.24, 2.45) is 0 Å². The lowest BCUT2D eigenvalue weighted by molar-refractivity contribution is 0.273. The van der Waals surface area contributed by atoms with Gasteiger partial charge in [0, 0.05) is 22.9 Å². The minimum atomic E-state index is -1.92. The fourth-order valence-electron chi connectivity index (χ4n) is 3.95. The van der Waals surface area contributed by atoms with Gasteiger partial charge in [-0.3, -0.25) is 4.98 Å². The van der Waals surface area contributed by atoms with Crippen LogP contribution in [0.4, 0.5) is 4.39 Å². The number of hydrogen-bond acceptors (Lipinski definition) is 2. The Labute approximate surface area is 187 Å². The molecule has 0 spiro atoms. The van der Waals surface area contributed by atoms with Crippen molar-refractivity contribution in [3.8, 4) is 22.5 Å². The summed E-state index contributed by atoms with van der Waals surface area (Å²) in [7, 11) is 0. The van der Waals surface area contributed by atoms with Crippen molar-refractivity contribution in [2.75, 3.05) is 0 Å². The molecule has 0 amide bonds. The monoisotopic (exact) mass is 416 g/mol. The van der Waals surface area contributed by atoms with Crippen molar-refractivity contribution in [3.63, 3.8) is 0 Å². The molecule has 0 aliphatic carbocycles. The predicted octanol–water partition coefficient (Wildman–Crippen LogP) is 7.07. The van der Waals surface area contributed by atoms with E-state index in [0.717, 1.165) is 22.5 Å². The van der Waals surface area contributed by atoms with E-state index < -0.39 is 5.67 Å². The lowest BCUT2D eigenvalue weighted by atomic mass is 9.83. The minimum Gasteiger partial charge on any atom is -0.256 e. The van der Waals surface area contributed by atoms with Crippen molar-refractivity contribution in [3.05, 3.63) is 144 Å². The van der Waals surface area contributed by atoms with Gasteiger partial charge in [0.2, 0.25) is 5.67 Å². The first kappa shape index (κ1) is 19.8. The first-order valence-corrected chi connectivity index (χ1v) is 10.5. The van der Waals surface area contributed by atoms with Gasteiger partial charge in [-0.1, -0.05) is 91.0 Å². The zero-order valence-corrected chi connectivity index (χ0v) is 17.4. The van der Waals surface area contributed by atoms with Gasteiger partial charge in [0.1, 0.15) is 0 Å². The number of pyridine rings is 2. The summed E-state index contributed by atoms with van der Waals surface area (Å²) in [5.41, 5.74) is 2.84. The van der Waals surface area contributed by atoms with E-state index in [1.165, 1.54) is 0 Å². The van der Waals surface area contributed by atoms with Crippen LogP contribution in [0.1, 0.15) is 16.8 Å². The summed E-state index contributed by atoms with van der Waals surface area (Å²) in [5, 5.41) is 0. The Kier molecular flexibility index (Phi) is 5.30. The second kappa shape index (κ2) is 8.56. The molecule has 0 N–H and O–H groups in total. The first-order valence-electron chi connectivity index (χ1n) is 10.5. The van der Waals surface area contributed by atoms with Gasteiger partial charge in [-0.25, -0.2) is 9.37 Å². The number of hydrogen-bond donors (Lipinski definition) is 0. The third kappa shape index (κ3) is 3.69. The number of alkyl halides is 1. The maximum absolute atomic E-state index is 17.3. The smallest absolute Gasteiger partial charge is 0.202 e. The largest absolute Gasteiger partial charge is 0.256 e. The highest BCUT2D eigenvalue weighted by atomic mass is 19.1. The van der Waals surface area contributed by atoms with E-state index in [1.807, 2.05) is 115 Å². The summed E-state index contributed by atoms with van der Waals surface area (Å²) in [5.74, 6) is 0. The van der Waals surface area contributed by atoms with E-state index >= 15 is 4.39 Å². The average molecular weight is 416 g/mol. The van der Waals surface area contributed by atoms with E-state index in [-0.39, 0.29) is 0 Å². The van der Waals surface area contributed by atoms with Crippen LogP contribution in [0.2, 0.25) is 0 Å². The SMILES string of the molecule is FC(c1ccccc1)(c1cccc(-c2ccccn2)c1)c1cccc(-c2ccccc2)n1. The Morgan fingerprint density at radius 2 is 1.16 bits per heavy atom. The van der Waals surface area contributed by atoms with Gasteiger partial charge >= 0.3 is 0 Å². The van der Waals surface area contributed by atoms with Gasteiger partial charge in [-0.15, -0.1) is 0 Å². The third-order valence-electron chi connectivity index (χ3n) is 5.56. The Bertz CT molecular complexity index is 1240. The summed E-state index contributed by atoms with van der Waals surface area (Å²) in [6, 6.07) is 37.8. The molecule has 0 radical (unpaired) electrons. The Balaban J connectivity index is 1.70. The van der Waals surface area contributed by atoms with E-state index in [9.17, 15) is 0 Å². The average Bonchev–Trinajstić information content (AvgIpc) is 2.90. The van der Waals surface area contributed by atoms with E-state index in [2.05, 4.69) is 4.98 Å². The lowest BCUT2D eigenvalue weighted by Crippen LogP contribution is -2.25. The molecule has 1 unspecified atom stereocenters. The summed E-state index contributed by atoms with van der Waals surface area (Å²) >= 11 is 0. The van der Waals surface area contributed by atoms with Crippen LogP contribution in [0.5, 0.6) is 0 Å². The normalized spacial score (nSPS) is 12.8. The summed E-state index contributed by atoms with van der Waals surface area (Å²) in [6.07, 6.45) is 1.74. The molecular formula is C29H21FN2. The fraction of sp³-hybridized carbons (Fsp3) is 0.0345. The molecule has 154 valence electrons. The van der Waals surface area contributed by atoms with Crippen molar-refractivity contribution < 1.29 is 4.39 Å². The number of rotatable bonds is 5. The molecule has 0 fully saturated rings. The topological polar surface area (TPSA) is 25.8 Å². The van der Waals surface area contributed by atoms with Crippen LogP contribution in [-0.2, 0) is 5.67 Å². The first-order chi connectivity index (χ1) is 15.7. The van der Waals surface area contributed by atoms with Gasteiger partial charge < -0.3 is 0 Å². The van der Waals surface area contributed by atoms with Gasteiger partial charge in [0.05, 0.1) is 17.1 Å². The van der Waals surface area contributed by atoms with E-state index in [4.69, 9.17) is 4.98 Å². The molecular weight excluding hydrogens is 395 g/mol. The van der Waals surface area contributed by atoms with Crippen molar-refractivity contribution in [1.29, 1.82) is 0 Å². The maximum atomic E-state index is 17.3. The minimum absolute atomic E-state index is 0.350. The van der Waals surface area contributed by atoms with E-state index in [0.29, 0.717) is 16.8 Å². The molecule has 32 heavy (non-hydrogen) atoms. The Morgan fingerprint density at radius 3 is 1.91 bits per heavy atom. The Morgan fingerprint density at radius 1 is 0.531 bits per heavy atom. The summed E-state index contributed by atoms with van der Waals surface area (Å²) in [6.45, 7) is 0. The summed E-state index contributed by atoms with van der Waals surface area (Å²) < 4.78 is 17.3. The molecule has 0 aliphatic heterocycles. The molecule has 2 nitrogen and oxygen atoms in total. The third-order valence-corrected chi connectivity index (χ3v) is 5.56. The zero-order valence-electron chi connectivity index (χ0n) is 17.4. The van der Waals surface area contributed by atoms with Crippen LogP contribution in [0.25, 0.3) is 22.5 Å². The van der Waals surface area contributed by atoms with Crippen LogP contribution in [-0.4, -0.2) is 9.97 Å². The molecule has 3 aromatic carbocycles. The molecule has 5 aromatic rings. The van der Waals surface area contributed by atoms with Gasteiger partial charge in [-0.05, 0) is 35.9 Å². The highest BCUT2D eigenvalue weighted by Crippen LogP contribution is 2.41. The van der Waals surface area contributed by atoms with Crippen LogP contribution < -0.4 is 0 Å². The molecule has 1 atom stereocenters. The number of halogens is 1. The lowest BCUT2D eigenvalue weighted by Gasteiger charge is -2.27. The predicted molar refractivity (Wildman–Crippen MR) is 127 cm³/mol. The van der Waals surface area contributed by atoms with Crippen molar-refractivity contribution in [1.82, 2.24) is 9.97 Å². The zero-order chi connectivity index (χ0) is 21.8. The molecule has 0 aliphatic rings. The second-order valence-electron chi connectivity index (χ2n) is 7.59. The number of nitrogens with zero attached hydrogens (tertiary/aromatic N) is 2. The van der Waals surface area contributed by atoms with Gasteiger partial charge in [0.25, 0.3) is 0 Å². The van der Waals surface area contributed by atoms with Crippen LogP contribution in [0, 0.1) is 0 Å². The van der Waals surface area contributed by atoms with Crippen LogP contribution >= 0.6 is 0 Å². The molecule has 0 saturated carbocycles. The highest BCUT2D eigenvalue weighted by molar-refractivity contribution is 5.63. The quantitative estimate of drug-likeness (QED) is 0.306. The van der Waals surface area contributed by atoms with Gasteiger partial charge in [0.15, 0.2) is 0 Å². The Hall–Kier alpha value is -4.11. The number of aromatic nitrogens is 2. The molecule has 3 heteroatoms. The summed E-state index contributed by atoms with van der Waals surface area (Å²) in [4.78, 5) is 9.21. The highest BCUT2D eigenvalue weighted by Gasteiger charge is 2.38. The van der Waals surface area contributed by atoms with Crippen molar-refractivity contribution >= 4 is 0 Å². The maximum Gasteiger partial charge on any atom is 0.202 e. The second-order valence-corrected chi connectivity index (χ2v) is 7.59. The molecule has 0 saturated heterocycles. The fourth-order valence-corrected chi connectivity index (χ4v) is 3.95. The number of benzene rings is 3. The molecule has 0 bridgehead atoms. The molecule has 5 rings (SSSR count). The standard InChI is InChI=1S/C29H21FN2/c30-29(24-14-5-2-6-15-24,25-16-9-13-23(21-25)26-17-7-8-20-31-26)28-19-10-18-27(32-28)22-11-3-1-4-12-22/h1-21H.